The molecule has 0 bridgehead atoms. The van der Waals surface area contributed by atoms with Crippen molar-refractivity contribution in [3.8, 4) is 0 Å². The van der Waals surface area contributed by atoms with Gasteiger partial charge in [0, 0.05) is 45.0 Å². The minimum absolute atomic E-state index is 0.168. The van der Waals surface area contributed by atoms with Crippen LogP contribution in [0.15, 0.2) is 24.3 Å². The Morgan fingerprint density at radius 1 is 1.23 bits per heavy atom. The third-order valence-corrected chi connectivity index (χ3v) is 5.67. The van der Waals surface area contributed by atoms with Crippen molar-refractivity contribution in [2.45, 2.75) is 19.3 Å². The van der Waals surface area contributed by atoms with Gasteiger partial charge in [-0.05, 0) is 37.1 Å². The van der Waals surface area contributed by atoms with Crippen LogP contribution in [0.2, 0.25) is 0 Å². The summed E-state index contributed by atoms with van der Waals surface area (Å²) in [6.45, 7) is 0.775. The zero-order valence-electron chi connectivity index (χ0n) is 13.1. The van der Waals surface area contributed by atoms with Crippen LogP contribution in [0.5, 0.6) is 0 Å². The first kappa shape index (κ1) is 16.8. The number of nitrogens with one attached hydrogen (secondary N) is 1. The zero-order chi connectivity index (χ0) is 16.2. The van der Waals surface area contributed by atoms with Crippen LogP contribution in [0.4, 0.5) is 11.4 Å². The van der Waals surface area contributed by atoms with Crippen LogP contribution < -0.4 is 10.2 Å². The number of anilines is 2. The van der Waals surface area contributed by atoms with Gasteiger partial charge < -0.3 is 10.2 Å². The molecule has 1 N–H and O–H groups in total. The highest BCUT2D eigenvalue weighted by Gasteiger charge is 2.25. The SMILES string of the molecule is CN(C)c1ccc(NC(=O)CCN2CCCCS2(=O)=O)cc1. The highest BCUT2D eigenvalue weighted by atomic mass is 32.2. The van der Waals surface area contributed by atoms with Crippen LogP contribution in [-0.2, 0) is 14.8 Å². The largest absolute Gasteiger partial charge is 0.378 e. The van der Waals surface area contributed by atoms with Gasteiger partial charge in [-0.15, -0.1) is 0 Å². The van der Waals surface area contributed by atoms with E-state index in [1.54, 1.807) is 0 Å². The smallest absolute Gasteiger partial charge is 0.225 e. The molecule has 0 radical (unpaired) electrons. The van der Waals surface area contributed by atoms with Crippen LogP contribution in [0.1, 0.15) is 19.3 Å². The molecule has 1 amide bonds. The number of hydrogen-bond donors (Lipinski definition) is 1. The number of rotatable bonds is 5. The predicted molar refractivity (Wildman–Crippen MR) is 88.6 cm³/mol. The molecule has 0 spiro atoms. The summed E-state index contributed by atoms with van der Waals surface area (Å²) in [5.74, 6) is 0.0269. The van der Waals surface area contributed by atoms with E-state index in [0.29, 0.717) is 13.0 Å². The number of benzene rings is 1. The maximum atomic E-state index is 11.9. The van der Waals surface area contributed by atoms with Gasteiger partial charge in [-0.1, -0.05) is 0 Å². The van der Waals surface area contributed by atoms with E-state index in [1.165, 1.54) is 4.31 Å². The van der Waals surface area contributed by atoms with Crippen molar-refractivity contribution in [2.75, 3.05) is 43.2 Å². The quantitative estimate of drug-likeness (QED) is 0.891. The van der Waals surface area contributed by atoms with E-state index in [4.69, 9.17) is 0 Å². The molecule has 0 aromatic heterocycles. The van der Waals surface area contributed by atoms with Gasteiger partial charge in [-0.3, -0.25) is 4.79 Å². The minimum atomic E-state index is -3.16. The number of nitrogens with zero attached hydrogens (tertiary/aromatic N) is 2. The minimum Gasteiger partial charge on any atom is -0.378 e. The average molecular weight is 325 g/mol. The lowest BCUT2D eigenvalue weighted by molar-refractivity contribution is -0.116. The summed E-state index contributed by atoms with van der Waals surface area (Å²) in [5, 5.41) is 2.80. The number of carbonyl (C=O) groups excluding carboxylic acids is 1. The van der Waals surface area contributed by atoms with Crippen LogP contribution in [-0.4, -0.2) is 51.6 Å². The summed E-state index contributed by atoms with van der Waals surface area (Å²) < 4.78 is 25.1. The summed E-state index contributed by atoms with van der Waals surface area (Å²) in [7, 11) is 0.743. The van der Waals surface area contributed by atoms with Gasteiger partial charge >= 0.3 is 0 Å². The second-order valence-corrected chi connectivity index (χ2v) is 7.75. The Labute approximate surface area is 132 Å². The standard InChI is InChI=1S/C15H23N3O3S/c1-17(2)14-7-5-13(6-8-14)16-15(19)9-11-18-10-3-4-12-22(18,20)21/h5-8H,3-4,9-12H2,1-2H3,(H,16,19). The molecule has 0 atom stereocenters. The monoisotopic (exact) mass is 325 g/mol. The second kappa shape index (κ2) is 7.11. The van der Waals surface area contributed by atoms with Gasteiger partial charge in [0.25, 0.3) is 0 Å². The number of sulfonamides is 1. The molecule has 1 aliphatic rings. The zero-order valence-corrected chi connectivity index (χ0v) is 13.9. The summed E-state index contributed by atoms with van der Waals surface area (Å²) in [6, 6.07) is 7.52. The van der Waals surface area contributed by atoms with Crippen molar-refractivity contribution >= 4 is 27.3 Å². The molecular weight excluding hydrogens is 302 g/mol. The van der Waals surface area contributed by atoms with Crippen molar-refractivity contribution < 1.29 is 13.2 Å². The van der Waals surface area contributed by atoms with Gasteiger partial charge in [0.15, 0.2) is 0 Å². The number of amides is 1. The molecular formula is C15H23N3O3S. The van der Waals surface area contributed by atoms with E-state index in [0.717, 1.165) is 17.8 Å². The molecule has 1 fully saturated rings. The first-order valence-electron chi connectivity index (χ1n) is 7.43. The summed E-state index contributed by atoms with van der Waals surface area (Å²) in [5.41, 5.74) is 1.77. The number of carbonyl (C=O) groups is 1. The fraction of sp³-hybridized carbons (Fsp3) is 0.533. The highest BCUT2D eigenvalue weighted by Crippen LogP contribution is 2.17. The van der Waals surface area contributed by atoms with Crippen LogP contribution in [0, 0.1) is 0 Å². The van der Waals surface area contributed by atoms with Crippen molar-refractivity contribution in [2.24, 2.45) is 0 Å². The van der Waals surface area contributed by atoms with Gasteiger partial charge in [-0.25, -0.2) is 12.7 Å². The maximum absolute atomic E-state index is 11.9. The van der Waals surface area contributed by atoms with Gasteiger partial charge in [0.2, 0.25) is 15.9 Å². The predicted octanol–water partition coefficient (Wildman–Crippen LogP) is 1.51. The van der Waals surface area contributed by atoms with E-state index >= 15 is 0 Å². The summed E-state index contributed by atoms with van der Waals surface area (Å²) >= 11 is 0. The Morgan fingerprint density at radius 2 is 1.91 bits per heavy atom. The lowest BCUT2D eigenvalue weighted by atomic mass is 10.2. The lowest BCUT2D eigenvalue weighted by Gasteiger charge is -2.25. The van der Waals surface area contributed by atoms with Crippen LogP contribution >= 0.6 is 0 Å². The molecule has 122 valence electrons. The molecule has 1 aliphatic heterocycles. The average Bonchev–Trinajstić information content (AvgIpc) is 2.46. The normalized spacial score (nSPS) is 17.9. The van der Waals surface area contributed by atoms with Gasteiger partial charge in [-0.2, -0.15) is 0 Å². The summed E-state index contributed by atoms with van der Waals surface area (Å²) in [6.07, 6.45) is 1.75. The van der Waals surface area contributed by atoms with Crippen LogP contribution in [0.25, 0.3) is 0 Å². The Kier molecular flexibility index (Phi) is 5.42. The van der Waals surface area contributed by atoms with Crippen molar-refractivity contribution in [3.05, 3.63) is 24.3 Å². The van der Waals surface area contributed by atoms with Crippen LogP contribution in [0.3, 0.4) is 0 Å². The molecule has 22 heavy (non-hydrogen) atoms. The molecule has 0 saturated carbocycles. The van der Waals surface area contributed by atoms with Crippen molar-refractivity contribution in [1.82, 2.24) is 4.31 Å². The summed E-state index contributed by atoms with van der Waals surface area (Å²) in [4.78, 5) is 13.9. The molecule has 6 nitrogen and oxygen atoms in total. The lowest BCUT2D eigenvalue weighted by Crippen LogP contribution is -2.39. The Morgan fingerprint density at radius 3 is 2.50 bits per heavy atom. The molecule has 1 aromatic carbocycles. The topological polar surface area (TPSA) is 69.7 Å². The Balaban J connectivity index is 1.85. The first-order chi connectivity index (χ1) is 10.4. The molecule has 1 saturated heterocycles. The number of hydrogen-bond acceptors (Lipinski definition) is 4. The Bertz CT molecular complexity index is 611. The van der Waals surface area contributed by atoms with Gasteiger partial charge in [0.05, 0.1) is 5.75 Å². The fourth-order valence-corrected chi connectivity index (χ4v) is 3.99. The van der Waals surface area contributed by atoms with Crippen molar-refractivity contribution in [3.63, 3.8) is 0 Å². The van der Waals surface area contributed by atoms with E-state index in [-0.39, 0.29) is 24.6 Å². The third kappa shape index (κ3) is 4.45. The van der Waals surface area contributed by atoms with E-state index in [2.05, 4.69) is 5.32 Å². The van der Waals surface area contributed by atoms with E-state index in [9.17, 15) is 13.2 Å². The molecule has 0 aliphatic carbocycles. The van der Waals surface area contributed by atoms with Crippen molar-refractivity contribution in [1.29, 1.82) is 0 Å². The molecule has 1 aromatic rings. The molecule has 1 heterocycles. The fourth-order valence-electron chi connectivity index (χ4n) is 2.38. The first-order valence-corrected chi connectivity index (χ1v) is 9.04. The molecule has 2 rings (SSSR count). The Hall–Kier alpha value is -1.60. The van der Waals surface area contributed by atoms with E-state index < -0.39 is 10.0 Å². The second-order valence-electron chi connectivity index (χ2n) is 5.66. The van der Waals surface area contributed by atoms with E-state index in [1.807, 2.05) is 43.3 Å². The third-order valence-electron chi connectivity index (χ3n) is 3.71. The highest BCUT2D eigenvalue weighted by molar-refractivity contribution is 7.89. The van der Waals surface area contributed by atoms with Gasteiger partial charge in [0.1, 0.15) is 0 Å². The molecule has 0 unspecified atom stereocenters. The molecule has 7 heteroatoms. The maximum Gasteiger partial charge on any atom is 0.225 e.